The Bertz CT molecular complexity index is 850. The van der Waals surface area contributed by atoms with Gasteiger partial charge in [-0.2, -0.15) is 0 Å². The summed E-state index contributed by atoms with van der Waals surface area (Å²) in [5.74, 6) is -0.311. The summed E-state index contributed by atoms with van der Waals surface area (Å²) in [5.41, 5.74) is 1.73. The summed E-state index contributed by atoms with van der Waals surface area (Å²) < 4.78 is 32.9. The highest BCUT2D eigenvalue weighted by Crippen LogP contribution is 2.18. The van der Waals surface area contributed by atoms with E-state index in [0.717, 1.165) is 5.56 Å². The Balaban J connectivity index is 2.06. The summed E-state index contributed by atoms with van der Waals surface area (Å²) in [4.78, 5) is 12.2. The summed E-state index contributed by atoms with van der Waals surface area (Å²) in [7, 11) is -3.77. The third-order valence-electron chi connectivity index (χ3n) is 3.63. The van der Waals surface area contributed by atoms with Crippen LogP contribution in [0.5, 0.6) is 0 Å². The predicted octanol–water partition coefficient (Wildman–Crippen LogP) is 2.95. The molecule has 0 spiro atoms. The lowest BCUT2D eigenvalue weighted by atomic mass is 10.2. The van der Waals surface area contributed by atoms with Crippen molar-refractivity contribution in [2.75, 3.05) is 24.5 Å². The molecular formula is C19H24N2O4S. The smallest absolute Gasteiger partial charge is 0.261 e. The van der Waals surface area contributed by atoms with Gasteiger partial charge in [-0.1, -0.05) is 18.2 Å². The van der Waals surface area contributed by atoms with Gasteiger partial charge >= 0.3 is 0 Å². The Labute approximate surface area is 154 Å². The van der Waals surface area contributed by atoms with E-state index < -0.39 is 10.0 Å². The Kier molecular flexibility index (Phi) is 7.17. The fraction of sp³-hybridized carbons (Fsp3) is 0.316. The van der Waals surface area contributed by atoms with E-state index >= 15 is 0 Å². The molecule has 0 heterocycles. The Morgan fingerprint density at radius 2 is 1.88 bits per heavy atom. The number of nitrogens with one attached hydrogen (secondary N) is 2. The molecule has 0 bridgehead atoms. The third-order valence-corrected chi connectivity index (χ3v) is 5.01. The zero-order valence-corrected chi connectivity index (χ0v) is 15.8. The van der Waals surface area contributed by atoms with E-state index in [1.807, 2.05) is 19.9 Å². The van der Waals surface area contributed by atoms with Crippen LogP contribution in [0, 0.1) is 6.92 Å². The van der Waals surface area contributed by atoms with Crippen LogP contribution in [-0.2, 0) is 14.8 Å². The first kappa shape index (κ1) is 19.9. The van der Waals surface area contributed by atoms with E-state index in [9.17, 15) is 13.2 Å². The average molecular weight is 376 g/mol. The second kappa shape index (κ2) is 9.35. The second-order valence-electron chi connectivity index (χ2n) is 5.81. The molecule has 0 saturated heterocycles. The maximum absolute atomic E-state index is 12.6. The molecule has 140 valence electrons. The minimum absolute atomic E-state index is 0.0426. The van der Waals surface area contributed by atoms with Crippen LogP contribution in [0.2, 0.25) is 0 Å². The van der Waals surface area contributed by atoms with Crippen LogP contribution in [0.4, 0.5) is 5.69 Å². The molecule has 7 heteroatoms. The molecule has 2 rings (SSSR count). The number of sulfonamides is 1. The maximum Gasteiger partial charge on any atom is 0.261 e. The van der Waals surface area contributed by atoms with E-state index in [4.69, 9.17) is 4.74 Å². The SMILES string of the molecule is CCOCCCNC(=O)c1cccc(S(=O)(=O)Nc2cccc(C)c2)c1. The number of ether oxygens (including phenoxy) is 1. The largest absolute Gasteiger partial charge is 0.382 e. The zero-order valence-electron chi connectivity index (χ0n) is 15.0. The Morgan fingerprint density at radius 3 is 2.62 bits per heavy atom. The van der Waals surface area contributed by atoms with Crippen molar-refractivity contribution in [2.45, 2.75) is 25.2 Å². The molecule has 0 saturated carbocycles. The minimum Gasteiger partial charge on any atom is -0.382 e. The van der Waals surface area contributed by atoms with Gasteiger partial charge in [0.2, 0.25) is 0 Å². The third kappa shape index (κ3) is 5.86. The number of carbonyl (C=O) groups excluding carboxylic acids is 1. The number of hydrogen-bond donors (Lipinski definition) is 2. The van der Waals surface area contributed by atoms with Crippen LogP contribution < -0.4 is 10.0 Å². The summed E-state index contributed by atoms with van der Waals surface area (Å²) in [6, 6.07) is 13.1. The molecule has 0 unspecified atom stereocenters. The van der Waals surface area contributed by atoms with E-state index in [2.05, 4.69) is 10.0 Å². The van der Waals surface area contributed by atoms with Gasteiger partial charge in [-0.15, -0.1) is 0 Å². The molecule has 6 nitrogen and oxygen atoms in total. The van der Waals surface area contributed by atoms with E-state index in [1.165, 1.54) is 12.1 Å². The van der Waals surface area contributed by atoms with Gasteiger partial charge in [0.15, 0.2) is 0 Å². The van der Waals surface area contributed by atoms with Crippen LogP contribution in [-0.4, -0.2) is 34.1 Å². The molecule has 2 N–H and O–H groups in total. The molecule has 0 aromatic heterocycles. The summed E-state index contributed by atoms with van der Waals surface area (Å²) in [5, 5.41) is 2.76. The Hall–Kier alpha value is -2.38. The fourth-order valence-electron chi connectivity index (χ4n) is 2.35. The monoisotopic (exact) mass is 376 g/mol. The molecule has 2 aromatic rings. The first-order valence-electron chi connectivity index (χ1n) is 8.48. The van der Waals surface area contributed by atoms with E-state index in [1.54, 1.807) is 30.3 Å². The highest BCUT2D eigenvalue weighted by atomic mass is 32.2. The van der Waals surface area contributed by atoms with Gasteiger partial charge in [-0.25, -0.2) is 8.42 Å². The highest BCUT2D eigenvalue weighted by molar-refractivity contribution is 7.92. The Morgan fingerprint density at radius 1 is 1.12 bits per heavy atom. The number of aryl methyl sites for hydroxylation is 1. The van der Waals surface area contributed by atoms with E-state index in [0.29, 0.717) is 37.4 Å². The molecule has 0 aliphatic rings. The van der Waals surface area contributed by atoms with Crippen LogP contribution in [0.3, 0.4) is 0 Å². The number of benzene rings is 2. The van der Waals surface area contributed by atoms with Crippen LogP contribution >= 0.6 is 0 Å². The highest BCUT2D eigenvalue weighted by Gasteiger charge is 2.16. The van der Waals surface area contributed by atoms with Gasteiger partial charge in [0.05, 0.1) is 4.90 Å². The quantitative estimate of drug-likeness (QED) is 0.659. The molecule has 0 aliphatic carbocycles. The topological polar surface area (TPSA) is 84.5 Å². The van der Waals surface area contributed by atoms with Crippen LogP contribution in [0.15, 0.2) is 53.4 Å². The molecule has 1 amide bonds. The van der Waals surface area contributed by atoms with Gasteiger partial charge in [0.25, 0.3) is 15.9 Å². The second-order valence-corrected chi connectivity index (χ2v) is 7.49. The average Bonchev–Trinajstić information content (AvgIpc) is 2.61. The lowest BCUT2D eigenvalue weighted by Crippen LogP contribution is -2.25. The van der Waals surface area contributed by atoms with Gasteiger partial charge in [0.1, 0.15) is 0 Å². The van der Waals surface area contributed by atoms with Crippen molar-refractivity contribution in [3.8, 4) is 0 Å². The van der Waals surface area contributed by atoms with Gasteiger partial charge < -0.3 is 10.1 Å². The van der Waals surface area contributed by atoms with Crippen molar-refractivity contribution in [3.63, 3.8) is 0 Å². The van der Waals surface area contributed by atoms with E-state index in [-0.39, 0.29) is 10.8 Å². The molecule has 2 aromatic carbocycles. The lowest BCUT2D eigenvalue weighted by Gasteiger charge is -2.10. The first-order chi connectivity index (χ1) is 12.4. The van der Waals surface area contributed by atoms with Gasteiger partial charge in [0, 0.05) is 31.0 Å². The predicted molar refractivity (Wildman–Crippen MR) is 102 cm³/mol. The minimum atomic E-state index is -3.77. The van der Waals surface area contributed by atoms with Crippen molar-refractivity contribution in [1.82, 2.24) is 5.32 Å². The lowest BCUT2D eigenvalue weighted by molar-refractivity contribution is 0.0944. The van der Waals surface area contributed by atoms with Crippen molar-refractivity contribution in [2.24, 2.45) is 0 Å². The van der Waals surface area contributed by atoms with Crippen molar-refractivity contribution in [3.05, 3.63) is 59.7 Å². The van der Waals surface area contributed by atoms with Crippen LogP contribution in [0.1, 0.15) is 29.3 Å². The van der Waals surface area contributed by atoms with Crippen molar-refractivity contribution in [1.29, 1.82) is 0 Å². The fourth-order valence-corrected chi connectivity index (χ4v) is 3.44. The zero-order chi connectivity index (χ0) is 19.0. The molecule has 26 heavy (non-hydrogen) atoms. The summed E-state index contributed by atoms with van der Waals surface area (Å²) in [6.45, 7) is 5.48. The summed E-state index contributed by atoms with van der Waals surface area (Å²) >= 11 is 0. The number of amides is 1. The molecular weight excluding hydrogens is 352 g/mol. The number of carbonyl (C=O) groups is 1. The number of hydrogen-bond acceptors (Lipinski definition) is 4. The first-order valence-corrected chi connectivity index (χ1v) is 9.96. The van der Waals surface area contributed by atoms with Gasteiger partial charge in [-0.05, 0) is 56.2 Å². The number of anilines is 1. The van der Waals surface area contributed by atoms with Crippen LogP contribution in [0.25, 0.3) is 0 Å². The molecule has 0 aliphatic heterocycles. The normalized spacial score (nSPS) is 11.2. The summed E-state index contributed by atoms with van der Waals surface area (Å²) in [6.07, 6.45) is 0.701. The molecule has 0 fully saturated rings. The maximum atomic E-state index is 12.6. The molecule has 0 atom stereocenters. The standard InChI is InChI=1S/C19H24N2O4S/c1-3-25-12-6-11-20-19(22)16-8-5-10-18(14-16)26(23,24)21-17-9-4-7-15(2)13-17/h4-5,7-10,13-14,21H,3,6,11-12H2,1-2H3,(H,20,22). The van der Waals surface area contributed by atoms with Crippen molar-refractivity contribution >= 4 is 21.6 Å². The number of rotatable bonds is 9. The van der Waals surface area contributed by atoms with Crippen molar-refractivity contribution < 1.29 is 17.9 Å². The van der Waals surface area contributed by atoms with Gasteiger partial charge in [-0.3, -0.25) is 9.52 Å². The molecule has 0 radical (unpaired) electrons.